The molecule has 0 radical (unpaired) electrons. The zero-order chi connectivity index (χ0) is 21.1. The maximum Gasteiger partial charge on any atom is 0.269 e. The van der Waals surface area contributed by atoms with E-state index in [1.54, 1.807) is 12.1 Å². The summed E-state index contributed by atoms with van der Waals surface area (Å²) in [6.07, 6.45) is 2.16. The highest BCUT2D eigenvalue weighted by Crippen LogP contribution is 2.28. The second-order valence-corrected chi connectivity index (χ2v) is 8.27. The molecule has 1 aliphatic heterocycles. The first-order valence-electron chi connectivity index (χ1n) is 9.80. The minimum atomic E-state index is -0.416. The fourth-order valence-electron chi connectivity index (χ4n) is 3.60. The summed E-state index contributed by atoms with van der Waals surface area (Å²) in [6, 6.07) is 14.8. The number of H-pyrrole nitrogens is 1. The van der Waals surface area contributed by atoms with E-state index in [1.807, 2.05) is 13.0 Å². The maximum absolute atomic E-state index is 12.5. The lowest BCUT2D eigenvalue weighted by molar-refractivity contribution is -0.384. The number of rotatable bonds is 6. The van der Waals surface area contributed by atoms with E-state index in [0.717, 1.165) is 30.6 Å². The average Bonchev–Trinajstić information content (AvgIpc) is 2.76. The highest BCUT2D eigenvalue weighted by molar-refractivity contribution is 7.98. The molecule has 154 valence electrons. The van der Waals surface area contributed by atoms with Crippen LogP contribution in [0.25, 0.3) is 0 Å². The summed E-state index contributed by atoms with van der Waals surface area (Å²) in [5.41, 5.74) is 4.83. The van der Waals surface area contributed by atoms with Crippen LogP contribution in [-0.4, -0.2) is 21.4 Å². The number of hydrogen-bond donors (Lipinski definition) is 1. The fraction of sp³-hybridized carbons (Fsp3) is 0.273. The van der Waals surface area contributed by atoms with Crippen molar-refractivity contribution >= 4 is 23.1 Å². The molecule has 0 saturated carbocycles. The highest BCUT2D eigenvalue weighted by atomic mass is 32.2. The van der Waals surface area contributed by atoms with Gasteiger partial charge in [-0.15, -0.1) is 0 Å². The molecule has 0 bridgehead atoms. The van der Waals surface area contributed by atoms with Crippen LogP contribution in [-0.2, 0) is 18.7 Å². The summed E-state index contributed by atoms with van der Waals surface area (Å²) < 4.78 is 0. The van der Waals surface area contributed by atoms with E-state index in [4.69, 9.17) is 4.98 Å². The second-order valence-electron chi connectivity index (χ2n) is 7.31. The number of para-hydroxylation sites is 1. The van der Waals surface area contributed by atoms with Gasteiger partial charge in [-0.05, 0) is 37.0 Å². The summed E-state index contributed by atoms with van der Waals surface area (Å²) in [5, 5.41) is 11.3. The van der Waals surface area contributed by atoms with E-state index in [1.165, 1.54) is 35.1 Å². The van der Waals surface area contributed by atoms with Gasteiger partial charge in [0, 0.05) is 35.7 Å². The molecule has 0 saturated heterocycles. The van der Waals surface area contributed by atoms with Crippen molar-refractivity contribution < 1.29 is 4.92 Å². The minimum Gasteiger partial charge on any atom is -0.365 e. The number of nitro benzene ring substituents is 1. The number of benzene rings is 2. The number of anilines is 1. The lowest BCUT2D eigenvalue weighted by Crippen LogP contribution is -2.30. The molecule has 30 heavy (non-hydrogen) atoms. The van der Waals surface area contributed by atoms with Gasteiger partial charge in [0.15, 0.2) is 5.16 Å². The summed E-state index contributed by atoms with van der Waals surface area (Å²) in [5.74, 6) is 0.565. The van der Waals surface area contributed by atoms with Gasteiger partial charge >= 0.3 is 0 Å². The number of nitro groups is 1. The Hall–Kier alpha value is -3.13. The summed E-state index contributed by atoms with van der Waals surface area (Å²) >= 11 is 1.42. The number of aromatic amines is 1. The smallest absolute Gasteiger partial charge is 0.269 e. The molecular formula is C22H22N4O3S. The van der Waals surface area contributed by atoms with Crippen LogP contribution in [0.2, 0.25) is 0 Å². The zero-order valence-corrected chi connectivity index (χ0v) is 17.4. The summed E-state index contributed by atoms with van der Waals surface area (Å²) in [6.45, 7) is 3.34. The number of nitrogens with one attached hydrogen (secondary N) is 1. The number of thioether (sulfide) groups is 1. The molecule has 0 atom stereocenters. The molecule has 0 unspecified atom stereocenters. The van der Waals surface area contributed by atoms with Crippen molar-refractivity contribution in [2.75, 3.05) is 11.4 Å². The van der Waals surface area contributed by atoms with E-state index in [2.05, 4.69) is 28.1 Å². The van der Waals surface area contributed by atoms with Gasteiger partial charge in [0.2, 0.25) is 0 Å². The van der Waals surface area contributed by atoms with E-state index < -0.39 is 4.92 Å². The van der Waals surface area contributed by atoms with E-state index in [0.29, 0.717) is 23.0 Å². The molecule has 2 heterocycles. The van der Waals surface area contributed by atoms with Crippen LogP contribution in [0.15, 0.2) is 58.5 Å². The third kappa shape index (κ3) is 4.38. The summed E-state index contributed by atoms with van der Waals surface area (Å²) in [4.78, 5) is 32.7. The normalized spacial score (nSPS) is 13.2. The van der Waals surface area contributed by atoms with E-state index in [-0.39, 0.29) is 11.2 Å². The van der Waals surface area contributed by atoms with Gasteiger partial charge in [0.05, 0.1) is 17.2 Å². The number of hydrogen-bond acceptors (Lipinski definition) is 6. The molecule has 0 amide bonds. The Balaban J connectivity index is 1.52. The van der Waals surface area contributed by atoms with Crippen LogP contribution in [0.4, 0.5) is 11.4 Å². The van der Waals surface area contributed by atoms with E-state index >= 15 is 0 Å². The molecule has 2 aromatic carbocycles. The van der Waals surface area contributed by atoms with Crippen LogP contribution in [0.1, 0.15) is 28.8 Å². The Morgan fingerprint density at radius 1 is 1.20 bits per heavy atom. The molecule has 1 aliphatic rings. The highest BCUT2D eigenvalue weighted by Gasteiger charge is 2.19. The molecule has 1 N–H and O–H groups in total. The number of aryl methyl sites for hydroxylation is 1. The monoisotopic (exact) mass is 422 g/mol. The first kappa shape index (κ1) is 20.2. The molecule has 3 aromatic rings. The molecular weight excluding hydrogens is 400 g/mol. The largest absolute Gasteiger partial charge is 0.365 e. The second kappa shape index (κ2) is 8.71. The Kier molecular flexibility index (Phi) is 5.85. The van der Waals surface area contributed by atoms with Crippen molar-refractivity contribution in [1.82, 2.24) is 9.97 Å². The molecule has 0 fully saturated rings. The molecule has 0 aliphatic carbocycles. The first-order valence-corrected chi connectivity index (χ1v) is 10.8. The van der Waals surface area contributed by atoms with Crippen LogP contribution in [0.5, 0.6) is 0 Å². The topological polar surface area (TPSA) is 92.1 Å². The average molecular weight is 423 g/mol. The Morgan fingerprint density at radius 3 is 2.73 bits per heavy atom. The van der Waals surface area contributed by atoms with Crippen molar-refractivity contribution in [3.63, 3.8) is 0 Å². The standard InChI is InChI=1S/C22H22N4O3S/c1-15-19(13-25-12-4-6-17-5-2-3-7-20(17)25)23-22(24-21(15)27)30-14-16-8-10-18(11-9-16)26(28)29/h2-3,5,7-11H,4,6,12-14H2,1H3,(H,23,24,27). The quantitative estimate of drug-likeness (QED) is 0.277. The minimum absolute atomic E-state index is 0.0646. The number of non-ortho nitro benzene ring substituents is 1. The van der Waals surface area contributed by atoms with Crippen LogP contribution >= 0.6 is 11.8 Å². The number of fused-ring (bicyclic) bond motifs is 1. The third-order valence-electron chi connectivity index (χ3n) is 5.30. The Morgan fingerprint density at radius 2 is 1.97 bits per heavy atom. The Bertz CT molecular complexity index is 1130. The SMILES string of the molecule is Cc1c(CN2CCCc3ccccc32)nc(SCc2ccc([N+](=O)[O-])cc2)[nH]c1=O. The molecule has 7 nitrogen and oxygen atoms in total. The third-order valence-corrected chi connectivity index (χ3v) is 6.24. The lowest BCUT2D eigenvalue weighted by Gasteiger charge is -2.31. The van der Waals surface area contributed by atoms with Crippen molar-refractivity contribution in [2.24, 2.45) is 0 Å². The van der Waals surface area contributed by atoms with Crippen LogP contribution in [0.3, 0.4) is 0 Å². The van der Waals surface area contributed by atoms with E-state index in [9.17, 15) is 14.9 Å². The van der Waals surface area contributed by atoms with Crippen molar-refractivity contribution in [3.05, 3.63) is 91.4 Å². The van der Waals surface area contributed by atoms with Crippen molar-refractivity contribution in [2.45, 2.75) is 37.2 Å². The van der Waals surface area contributed by atoms with Gasteiger partial charge in [0.1, 0.15) is 0 Å². The molecule has 0 spiro atoms. The van der Waals surface area contributed by atoms with Crippen molar-refractivity contribution in [1.29, 1.82) is 0 Å². The number of aromatic nitrogens is 2. The Labute approximate surface area is 178 Å². The van der Waals surface area contributed by atoms with Gasteiger partial charge in [-0.3, -0.25) is 14.9 Å². The maximum atomic E-state index is 12.5. The first-order chi connectivity index (χ1) is 14.5. The molecule has 4 rings (SSSR count). The lowest BCUT2D eigenvalue weighted by atomic mass is 10.0. The zero-order valence-electron chi connectivity index (χ0n) is 16.6. The van der Waals surface area contributed by atoms with Gasteiger partial charge in [-0.2, -0.15) is 0 Å². The fourth-order valence-corrected chi connectivity index (χ4v) is 4.44. The van der Waals surface area contributed by atoms with Crippen molar-refractivity contribution in [3.8, 4) is 0 Å². The van der Waals surface area contributed by atoms with Gasteiger partial charge in [-0.1, -0.05) is 42.1 Å². The number of nitrogens with zero attached hydrogens (tertiary/aromatic N) is 3. The summed E-state index contributed by atoms with van der Waals surface area (Å²) in [7, 11) is 0. The van der Waals surface area contributed by atoms with Crippen LogP contribution < -0.4 is 10.5 Å². The molecule has 8 heteroatoms. The predicted molar refractivity (Wildman–Crippen MR) is 118 cm³/mol. The predicted octanol–water partition coefficient (Wildman–Crippen LogP) is 4.23. The van der Waals surface area contributed by atoms with Gasteiger partial charge in [-0.25, -0.2) is 4.98 Å². The van der Waals surface area contributed by atoms with Crippen LogP contribution in [0, 0.1) is 17.0 Å². The van der Waals surface area contributed by atoms with Gasteiger partial charge < -0.3 is 9.88 Å². The van der Waals surface area contributed by atoms with Gasteiger partial charge in [0.25, 0.3) is 11.2 Å². The molecule has 1 aromatic heterocycles.